The Kier molecular flexibility index (Phi) is 5.07. The molecule has 1 atom stereocenters. The van der Waals surface area contributed by atoms with E-state index in [0.29, 0.717) is 30.1 Å². The topological polar surface area (TPSA) is 61.8 Å². The number of benzene rings is 2. The molecule has 1 fully saturated rings. The molecule has 1 aliphatic heterocycles. The maximum atomic E-state index is 13.3. The van der Waals surface area contributed by atoms with Crippen LogP contribution in [-0.4, -0.2) is 42.2 Å². The number of ether oxygens (including phenoxy) is 1. The van der Waals surface area contributed by atoms with Crippen LogP contribution in [0.4, 0.5) is 10.1 Å². The van der Waals surface area contributed by atoms with Gasteiger partial charge in [0.2, 0.25) is 0 Å². The highest BCUT2D eigenvalue weighted by Crippen LogP contribution is 2.27. The van der Waals surface area contributed by atoms with E-state index in [1.807, 2.05) is 6.07 Å². The molecule has 132 valence electrons. The summed E-state index contributed by atoms with van der Waals surface area (Å²) in [6, 6.07) is 11.0. The number of likely N-dealkylation sites (tertiary alicyclic amines) is 1. The number of hydrogen-bond donors (Lipinski definition) is 2. The van der Waals surface area contributed by atoms with Crippen molar-refractivity contribution in [2.24, 2.45) is 0 Å². The molecule has 1 amide bonds. The Balaban J connectivity index is 1.68. The number of hydrogen-bond acceptors (Lipinski definition) is 4. The van der Waals surface area contributed by atoms with Crippen molar-refractivity contribution in [2.45, 2.75) is 18.9 Å². The summed E-state index contributed by atoms with van der Waals surface area (Å²) in [5.74, 6) is -0.146. The standard InChI is InChI=1S/C19H21FN2O3/c1-25-18-8-7-13(10-17(18)23)19(24)22-9-3-6-16(12-22)21-15-5-2-4-14(20)11-15/h2,4-5,7-8,10-11,16,21,23H,3,6,9,12H2,1H3/t16-/m1/s1. The summed E-state index contributed by atoms with van der Waals surface area (Å²) in [7, 11) is 1.46. The zero-order valence-corrected chi connectivity index (χ0v) is 14.0. The first kappa shape index (κ1) is 17.1. The van der Waals surface area contributed by atoms with Crippen molar-refractivity contribution in [3.05, 3.63) is 53.8 Å². The fourth-order valence-electron chi connectivity index (χ4n) is 3.10. The van der Waals surface area contributed by atoms with Gasteiger partial charge >= 0.3 is 0 Å². The SMILES string of the molecule is COc1ccc(C(=O)N2CCC[C@@H](Nc3cccc(F)c3)C2)cc1O. The van der Waals surface area contributed by atoms with Crippen LogP contribution in [0.5, 0.6) is 11.5 Å². The highest BCUT2D eigenvalue weighted by Gasteiger charge is 2.25. The third-order valence-corrected chi connectivity index (χ3v) is 4.33. The number of phenolic OH excluding ortho intramolecular Hbond substituents is 1. The first-order valence-electron chi connectivity index (χ1n) is 8.25. The molecule has 0 aromatic heterocycles. The minimum Gasteiger partial charge on any atom is -0.504 e. The summed E-state index contributed by atoms with van der Waals surface area (Å²) in [5.41, 5.74) is 1.13. The van der Waals surface area contributed by atoms with Gasteiger partial charge in [-0.05, 0) is 49.2 Å². The number of carbonyl (C=O) groups is 1. The number of phenols is 1. The number of piperidine rings is 1. The van der Waals surface area contributed by atoms with Crippen LogP contribution in [0.1, 0.15) is 23.2 Å². The Morgan fingerprint density at radius 2 is 2.16 bits per heavy atom. The second kappa shape index (κ2) is 7.42. The largest absolute Gasteiger partial charge is 0.504 e. The van der Waals surface area contributed by atoms with Gasteiger partial charge in [0.15, 0.2) is 11.5 Å². The van der Waals surface area contributed by atoms with Gasteiger partial charge in [-0.25, -0.2) is 4.39 Å². The minimum atomic E-state index is -0.289. The molecule has 1 aliphatic rings. The molecule has 3 rings (SSSR count). The molecule has 1 heterocycles. The first-order chi connectivity index (χ1) is 12.1. The van der Waals surface area contributed by atoms with E-state index in [1.165, 1.54) is 25.3 Å². The lowest BCUT2D eigenvalue weighted by atomic mass is 10.0. The molecule has 2 aromatic rings. The van der Waals surface area contributed by atoms with Crippen molar-refractivity contribution >= 4 is 11.6 Å². The monoisotopic (exact) mass is 344 g/mol. The van der Waals surface area contributed by atoms with Crippen molar-refractivity contribution in [3.63, 3.8) is 0 Å². The number of aromatic hydroxyl groups is 1. The molecule has 0 radical (unpaired) electrons. The fraction of sp³-hybridized carbons (Fsp3) is 0.316. The molecule has 6 heteroatoms. The maximum absolute atomic E-state index is 13.3. The summed E-state index contributed by atoms with van der Waals surface area (Å²) in [6.07, 6.45) is 1.77. The van der Waals surface area contributed by atoms with Gasteiger partial charge in [0.25, 0.3) is 5.91 Å². The van der Waals surface area contributed by atoms with Crippen LogP contribution in [0.15, 0.2) is 42.5 Å². The van der Waals surface area contributed by atoms with Crippen LogP contribution in [-0.2, 0) is 0 Å². The van der Waals surface area contributed by atoms with E-state index >= 15 is 0 Å². The van der Waals surface area contributed by atoms with Crippen LogP contribution in [0, 0.1) is 5.82 Å². The third kappa shape index (κ3) is 4.02. The summed E-state index contributed by atoms with van der Waals surface area (Å²) < 4.78 is 18.3. The van der Waals surface area contributed by atoms with Crippen molar-refractivity contribution < 1.29 is 19.0 Å². The van der Waals surface area contributed by atoms with Crippen molar-refractivity contribution in [2.75, 3.05) is 25.5 Å². The lowest BCUT2D eigenvalue weighted by Gasteiger charge is -2.33. The quantitative estimate of drug-likeness (QED) is 0.894. The molecule has 0 aliphatic carbocycles. The Hall–Kier alpha value is -2.76. The Bertz CT molecular complexity index is 766. The normalized spacial score (nSPS) is 17.2. The van der Waals surface area contributed by atoms with E-state index in [2.05, 4.69) is 5.32 Å². The molecule has 5 nitrogen and oxygen atoms in total. The molecule has 25 heavy (non-hydrogen) atoms. The predicted octanol–water partition coefficient (Wildman–Crippen LogP) is 3.26. The van der Waals surface area contributed by atoms with Crippen LogP contribution >= 0.6 is 0 Å². The van der Waals surface area contributed by atoms with Gasteiger partial charge in [0.05, 0.1) is 7.11 Å². The van der Waals surface area contributed by atoms with Gasteiger partial charge in [-0.1, -0.05) is 6.07 Å². The number of methoxy groups -OCH3 is 1. The smallest absolute Gasteiger partial charge is 0.254 e. The van der Waals surface area contributed by atoms with Gasteiger partial charge in [-0.3, -0.25) is 4.79 Å². The fourth-order valence-corrected chi connectivity index (χ4v) is 3.10. The number of anilines is 1. The second-order valence-electron chi connectivity index (χ2n) is 6.13. The number of halogens is 1. The van der Waals surface area contributed by atoms with Gasteiger partial charge < -0.3 is 20.1 Å². The molecule has 2 N–H and O–H groups in total. The third-order valence-electron chi connectivity index (χ3n) is 4.33. The summed E-state index contributed by atoms with van der Waals surface area (Å²) >= 11 is 0. The van der Waals surface area contributed by atoms with Gasteiger partial charge in [0.1, 0.15) is 5.82 Å². The molecular weight excluding hydrogens is 323 g/mol. The van der Waals surface area contributed by atoms with E-state index in [-0.39, 0.29) is 23.5 Å². The van der Waals surface area contributed by atoms with Crippen molar-refractivity contribution in [1.82, 2.24) is 4.90 Å². The summed E-state index contributed by atoms with van der Waals surface area (Å²) in [4.78, 5) is 14.4. The number of carbonyl (C=O) groups excluding carboxylic acids is 1. The highest BCUT2D eigenvalue weighted by atomic mass is 19.1. The van der Waals surface area contributed by atoms with Crippen molar-refractivity contribution in [1.29, 1.82) is 0 Å². The van der Waals surface area contributed by atoms with Crippen molar-refractivity contribution in [3.8, 4) is 11.5 Å². The molecule has 0 spiro atoms. The lowest BCUT2D eigenvalue weighted by Crippen LogP contribution is -2.45. The number of nitrogens with zero attached hydrogens (tertiary/aromatic N) is 1. The predicted molar refractivity (Wildman–Crippen MR) is 93.6 cm³/mol. The molecule has 0 bridgehead atoms. The van der Waals surface area contributed by atoms with E-state index in [9.17, 15) is 14.3 Å². The molecular formula is C19H21FN2O3. The average molecular weight is 344 g/mol. The molecule has 0 saturated carbocycles. The second-order valence-corrected chi connectivity index (χ2v) is 6.13. The molecule has 1 saturated heterocycles. The minimum absolute atomic E-state index is 0.0557. The Morgan fingerprint density at radius 3 is 2.88 bits per heavy atom. The molecule has 0 unspecified atom stereocenters. The van der Waals surface area contributed by atoms with E-state index in [4.69, 9.17) is 4.74 Å². The zero-order valence-electron chi connectivity index (χ0n) is 14.0. The summed E-state index contributed by atoms with van der Waals surface area (Å²) in [5, 5.41) is 13.2. The van der Waals surface area contributed by atoms with Gasteiger partial charge in [-0.15, -0.1) is 0 Å². The number of nitrogens with one attached hydrogen (secondary N) is 1. The summed E-state index contributed by atoms with van der Waals surface area (Å²) in [6.45, 7) is 1.19. The Labute approximate surface area is 146 Å². The van der Waals surface area contributed by atoms with E-state index in [1.54, 1.807) is 23.1 Å². The number of amides is 1. The Morgan fingerprint density at radius 1 is 1.32 bits per heavy atom. The highest BCUT2D eigenvalue weighted by molar-refractivity contribution is 5.95. The van der Waals surface area contributed by atoms with Crippen LogP contribution in [0.25, 0.3) is 0 Å². The van der Waals surface area contributed by atoms with Crippen LogP contribution < -0.4 is 10.1 Å². The number of rotatable bonds is 4. The van der Waals surface area contributed by atoms with Crippen LogP contribution in [0.2, 0.25) is 0 Å². The van der Waals surface area contributed by atoms with Gasteiger partial charge in [-0.2, -0.15) is 0 Å². The average Bonchev–Trinajstić information content (AvgIpc) is 2.61. The molecule has 2 aromatic carbocycles. The van der Waals surface area contributed by atoms with Crippen LogP contribution in [0.3, 0.4) is 0 Å². The van der Waals surface area contributed by atoms with Gasteiger partial charge in [0, 0.05) is 30.4 Å². The first-order valence-corrected chi connectivity index (χ1v) is 8.25. The zero-order chi connectivity index (χ0) is 17.8. The lowest BCUT2D eigenvalue weighted by molar-refractivity contribution is 0.0714. The van der Waals surface area contributed by atoms with E-state index in [0.717, 1.165) is 12.8 Å². The maximum Gasteiger partial charge on any atom is 0.254 e. The van der Waals surface area contributed by atoms with E-state index < -0.39 is 0 Å².